The van der Waals surface area contributed by atoms with Gasteiger partial charge in [-0.05, 0) is 91.5 Å². The van der Waals surface area contributed by atoms with Crippen molar-refractivity contribution in [2.75, 3.05) is 0 Å². The Morgan fingerprint density at radius 1 is 0.270 bits per heavy atom. The minimum atomic E-state index is -3.15. The summed E-state index contributed by atoms with van der Waals surface area (Å²) >= 11 is 0. The molecule has 10 aromatic carbocycles. The summed E-state index contributed by atoms with van der Waals surface area (Å²) in [6, 6.07) is 94.5. The van der Waals surface area contributed by atoms with Crippen molar-refractivity contribution in [2.24, 2.45) is 0 Å². The van der Waals surface area contributed by atoms with Gasteiger partial charge in [-0.1, -0.05) is 206 Å². The molecule has 0 radical (unpaired) electrons. The van der Waals surface area contributed by atoms with Crippen LogP contribution in [0.4, 0.5) is 0 Å². The maximum atomic E-state index is 2.55. The van der Waals surface area contributed by atoms with Crippen molar-refractivity contribution >= 4 is 72.4 Å². The first kappa shape index (κ1) is 36.8. The van der Waals surface area contributed by atoms with E-state index >= 15 is 0 Å². The second-order valence-electron chi connectivity index (χ2n) is 16.4. The second kappa shape index (κ2) is 15.2. The Morgan fingerprint density at radius 2 is 0.714 bits per heavy atom. The quantitative estimate of drug-likeness (QED) is 0.107. The van der Waals surface area contributed by atoms with Gasteiger partial charge in [0, 0.05) is 32.9 Å². The third kappa shape index (κ3) is 5.78. The second-order valence-corrected chi connectivity index (χ2v) is 20.1. The lowest BCUT2D eigenvalue weighted by molar-refractivity contribution is 1.17. The third-order valence-corrected chi connectivity index (χ3v) is 17.9. The lowest BCUT2D eigenvalue weighted by Crippen LogP contribution is -2.75. The van der Waals surface area contributed by atoms with E-state index in [1.54, 1.807) is 0 Å². The van der Waals surface area contributed by atoms with Crippen LogP contribution < -0.4 is 20.7 Å². The van der Waals surface area contributed by atoms with Crippen molar-refractivity contribution in [3.05, 3.63) is 255 Å². The monoisotopic (exact) mass is 818 g/mol. The van der Waals surface area contributed by atoms with Crippen LogP contribution in [-0.2, 0) is 0 Å². The molecule has 0 amide bonds. The molecule has 0 spiro atoms. The van der Waals surface area contributed by atoms with Crippen LogP contribution in [0.2, 0.25) is 0 Å². The van der Waals surface area contributed by atoms with Gasteiger partial charge in [0.15, 0.2) is 8.07 Å². The Labute approximate surface area is 368 Å². The molecule has 0 fully saturated rings. The van der Waals surface area contributed by atoms with Crippen molar-refractivity contribution in [1.29, 1.82) is 0 Å². The van der Waals surface area contributed by atoms with Crippen LogP contribution in [-0.4, -0.2) is 17.2 Å². The molecule has 0 bridgehead atoms. The van der Waals surface area contributed by atoms with E-state index in [0.29, 0.717) is 0 Å². The molecule has 63 heavy (non-hydrogen) atoms. The molecule has 0 unspecified atom stereocenters. The summed E-state index contributed by atoms with van der Waals surface area (Å²) in [6.07, 6.45) is 0. The van der Waals surface area contributed by atoms with Gasteiger partial charge in [0.05, 0.1) is 22.1 Å². The SMILES string of the molecule is c1ccc(-c2ccc3c(c2[Si](c2ccccc2)(c2ccccc2)c2ccccc2)c2c(-c4ccccc4)cccc2n3-c2ccc3c(c2)c2ccccc2n3-c2ccccc2)cc1. The third-order valence-electron chi connectivity index (χ3n) is 13.1. The molecular formula is C60H42N2Si. The Hall–Kier alpha value is -7.98. The average Bonchev–Trinajstić information content (AvgIpc) is 3.89. The first-order valence-corrected chi connectivity index (χ1v) is 23.8. The molecule has 0 saturated carbocycles. The molecule has 0 atom stereocenters. The number of rotatable bonds is 8. The molecule has 2 heterocycles. The summed E-state index contributed by atoms with van der Waals surface area (Å²) in [6.45, 7) is 0. The lowest BCUT2D eigenvalue weighted by Gasteiger charge is -2.37. The van der Waals surface area contributed by atoms with E-state index in [-0.39, 0.29) is 0 Å². The van der Waals surface area contributed by atoms with Crippen LogP contribution in [0, 0.1) is 0 Å². The fourth-order valence-corrected chi connectivity index (χ4v) is 15.7. The number of hydrogen-bond acceptors (Lipinski definition) is 0. The minimum Gasteiger partial charge on any atom is -0.309 e. The fourth-order valence-electron chi connectivity index (χ4n) is 10.5. The van der Waals surface area contributed by atoms with Gasteiger partial charge in [-0.3, -0.25) is 0 Å². The zero-order valence-corrected chi connectivity index (χ0v) is 35.6. The van der Waals surface area contributed by atoms with E-state index < -0.39 is 8.07 Å². The minimum absolute atomic E-state index is 1.13. The number of para-hydroxylation sites is 2. The number of aromatic nitrogens is 2. The highest BCUT2D eigenvalue weighted by Gasteiger charge is 2.45. The maximum Gasteiger partial charge on any atom is 0.180 e. The normalized spacial score (nSPS) is 11.8. The Morgan fingerprint density at radius 3 is 1.32 bits per heavy atom. The van der Waals surface area contributed by atoms with Crippen molar-refractivity contribution in [1.82, 2.24) is 9.13 Å². The molecule has 12 aromatic rings. The van der Waals surface area contributed by atoms with Crippen LogP contribution in [0.5, 0.6) is 0 Å². The van der Waals surface area contributed by atoms with E-state index in [1.165, 1.54) is 86.6 Å². The van der Waals surface area contributed by atoms with Gasteiger partial charge in [-0.2, -0.15) is 0 Å². The predicted octanol–water partition coefficient (Wildman–Crippen LogP) is 12.6. The van der Waals surface area contributed by atoms with Gasteiger partial charge in [-0.25, -0.2) is 0 Å². The summed E-state index contributed by atoms with van der Waals surface area (Å²) in [5.74, 6) is 0. The summed E-state index contributed by atoms with van der Waals surface area (Å²) in [4.78, 5) is 0. The predicted molar refractivity (Wildman–Crippen MR) is 270 cm³/mol. The summed E-state index contributed by atoms with van der Waals surface area (Å²) < 4.78 is 4.95. The lowest BCUT2D eigenvalue weighted by atomic mass is 9.97. The van der Waals surface area contributed by atoms with Gasteiger partial charge < -0.3 is 9.13 Å². The molecule has 0 aliphatic heterocycles. The fraction of sp³-hybridized carbons (Fsp3) is 0. The molecule has 12 rings (SSSR count). The average molecular weight is 819 g/mol. The van der Waals surface area contributed by atoms with Crippen LogP contribution in [0.1, 0.15) is 0 Å². The summed E-state index contributed by atoms with van der Waals surface area (Å²) in [5.41, 5.74) is 11.9. The highest BCUT2D eigenvalue weighted by Crippen LogP contribution is 2.42. The maximum absolute atomic E-state index is 3.15. The van der Waals surface area contributed by atoms with Gasteiger partial charge >= 0.3 is 0 Å². The number of nitrogens with zero attached hydrogens (tertiary/aromatic N) is 2. The van der Waals surface area contributed by atoms with E-state index in [0.717, 1.165) is 11.4 Å². The number of hydrogen-bond donors (Lipinski definition) is 0. The van der Waals surface area contributed by atoms with Crippen molar-refractivity contribution in [3.8, 4) is 33.6 Å². The van der Waals surface area contributed by atoms with Gasteiger partial charge in [0.1, 0.15) is 0 Å². The Bertz CT molecular complexity index is 3480. The van der Waals surface area contributed by atoms with Crippen molar-refractivity contribution in [3.63, 3.8) is 0 Å². The molecular weight excluding hydrogens is 777 g/mol. The number of benzene rings is 10. The number of fused-ring (bicyclic) bond motifs is 6. The van der Waals surface area contributed by atoms with Crippen LogP contribution in [0.3, 0.4) is 0 Å². The Kier molecular flexibility index (Phi) is 8.87. The van der Waals surface area contributed by atoms with Gasteiger partial charge in [0.25, 0.3) is 0 Å². The Balaban J connectivity index is 1.30. The summed E-state index contributed by atoms with van der Waals surface area (Å²) in [5, 5.41) is 10.5. The van der Waals surface area contributed by atoms with Crippen LogP contribution >= 0.6 is 0 Å². The molecule has 0 saturated heterocycles. The van der Waals surface area contributed by atoms with E-state index in [2.05, 4.69) is 264 Å². The standard InChI is InChI=1S/C60H42N2Si/c1-7-22-43(23-8-1)50-35-21-37-56-58(50)59-57(62(56)46-38-40-55-53(42-46)52-34-19-20-36-54(52)61(55)45-26-11-3-12-27-45)41-39-51(44-24-9-2-10-25-44)60(59)63(47-28-13-4-14-29-47,48-30-15-5-16-31-48)49-32-17-6-18-33-49/h1-42H. The topological polar surface area (TPSA) is 9.86 Å². The first-order chi connectivity index (χ1) is 31.3. The van der Waals surface area contributed by atoms with Crippen LogP contribution in [0.25, 0.3) is 77.2 Å². The van der Waals surface area contributed by atoms with Gasteiger partial charge in [-0.15, -0.1) is 0 Å². The largest absolute Gasteiger partial charge is 0.309 e. The molecule has 0 aliphatic carbocycles. The highest BCUT2D eigenvalue weighted by atomic mass is 28.3. The van der Waals surface area contributed by atoms with E-state index in [1.807, 2.05) is 0 Å². The molecule has 3 heteroatoms. The zero-order valence-electron chi connectivity index (χ0n) is 34.6. The molecule has 0 aliphatic rings. The molecule has 2 aromatic heterocycles. The molecule has 0 N–H and O–H groups in total. The van der Waals surface area contributed by atoms with Crippen molar-refractivity contribution in [2.45, 2.75) is 0 Å². The zero-order chi connectivity index (χ0) is 41.7. The molecule has 296 valence electrons. The first-order valence-electron chi connectivity index (χ1n) is 21.8. The van der Waals surface area contributed by atoms with Crippen LogP contribution in [0.15, 0.2) is 255 Å². The van der Waals surface area contributed by atoms with Crippen molar-refractivity contribution < 1.29 is 0 Å². The highest BCUT2D eigenvalue weighted by molar-refractivity contribution is 7.21. The summed E-state index contributed by atoms with van der Waals surface area (Å²) in [7, 11) is -3.15. The van der Waals surface area contributed by atoms with E-state index in [4.69, 9.17) is 0 Å². The van der Waals surface area contributed by atoms with E-state index in [9.17, 15) is 0 Å². The van der Waals surface area contributed by atoms with Gasteiger partial charge in [0.2, 0.25) is 0 Å². The molecule has 2 nitrogen and oxygen atoms in total. The smallest absolute Gasteiger partial charge is 0.180 e.